The van der Waals surface area contributed by atoms with Crippen LogP contribution in [-0.2, 0) is 0 Å². The Kier molecular flexibility index (Phi) is 7.96. The van der Waals surface area contributed by atoms with Crippen LogP contribution in [0.15, 0.2) is 25.0 Å². The van der Waals surface area contributed by atoms with Crippen LogP contribution < -0.4 is 10.1 Å². The van der Waals surface area contributed by atoms with E-state index in [1.807, 2.05) is 6.07 Å². The van der Waals surface area contributed by atoms with E-state index in [1.165, 1.54) is 12.8 Å². The fraction of sp³-hybridized carbons (Fsp3) is 0.417. The number of hydrogen-bond acceptors (Lipinski definition) is 3. The van der Waals surface area contributed by atoms with Crippen LogP contribution in [0.4, 0.5) is 0 Å². The molecule has 1 aliphatic heterocycles. The zero-order chi connectivity index (χ0) is 10.5. The average molecular weight is 277 g/mol. The number of halogens is 2. The Hall–Kier alpha value is -0.770. The summed E-state index contributed by atoms with van der Waals surface area (Å²) >= 11 is 0. The van der Waals surface area contributed by atoms with Crippen LogP contribution in [0.3, 0.4) is 0 Å². The maximum absolute atomic E-state index is 5.66. The summed E-state index contributed by atoms with van der Waals surface area (Å²) in [6.07, 6.45) is 7.73. The van der Waals surface area contributed by atoms with Crippen LogP contribution in [0.5, 0.6) is 5.75 Å². The van der Waals surface area contributed by atoms with Gasteiger partial charge in [-0.25, -0.2) is 0 Å². The minimum Gasteiger partial charge on any atom is -0.490 e. The molecule has 0 unspecified atom stereocenters. The average Bonchev–Trinajstić information content (AvgIpc) is 2.79. The first-order chi connectivity index (χ1) is 7.38. The SMILES string of the molecule is C=Cc1cncc(OC[C@@H]2CCCN2)c1.Cl.Cl. The van der Waals surface area contributed by atoms with Gasteiger partial charge in [0, 0.05) is 12.2 Å². The second-order valence-electron chi connectivity index (χ2n) is 3.76. The van der Waals surface area contributed by atoms with Crippen molar-refractivity contribution in [3.8, 4) is 5.75 Å². The van der Waals surface area contributed by atoms with Crippen molar-refractivity contribution in [1.29, 1.82) is 0 Å². The molecule has 0 aliphatic carbocycles. The molecule has 1 aliphatic rings. The fourth-order valence-electron chi connectivity index (χ4n) is 1.72. The highest BCUT2D eigenvalue weighted by Gasteiger charge is 2.14. The van der Waals surface area contributed by atoms with Crippen LogP contribution in [0.2, 0.25) is 0 Å². The van der Waals surface area contributed by atoms with E-state index in [-0.39, 0.29) is 24.8 Å². The molecule has 2 heterocycles. The lowest BCUT2D eigenvalue weighted by atomic mass is 10.2. The highest BCUT2D eigenvalue weighted by Crippen LogP contribution is 2.13. The molecule has 1 saturated heterocycles. The molecule has 1 atom stereocenters. The number of aromatic nitrogens is 1. The highest BCUT2D eigenvalue weighted by atomic mass is 35.5. The number of nitrogens with one attached hydrogen (secondary N) is 1. The summed E-state index contributed by atoms with van der Waals surface area (Å²) in [4.78, 5) is 4.08. The summed E-state index contributed by atoms with van der Waals surface area (Å²) < 4.78 is 5.66. The van der Waals surface area contributed by atoms with Gasteiger partial charge >= 0.3 is 0 Å². The van der Waals surface area contributed by atoms with Gasteiger partial charge in [-0.3, -0.25) is 4.98 Å². The summed E-state index contributed by atoms with van der Waals surface area (Å²) in [5.41, 5.74) is 0.992. The first-order valence-electron chi connectivity index (χ1n) is 5.32. The molecule has 5 heteroatoms. The summed E-state index contributed by atoms with van der Waals surface area (Å²) in [5, 5.41) is 3.39. The van der Waals surface area contributed by atoms with Gasteiger partial charge in [0.25, 0.3) is 0 Å². The van der Waals surface area contributed by atoms with E-state index in [2.05, 4.69) is 16.9 Å². The van der Waals surface area contributed by atoms with Crippen molar-refractivity contribution in [3.05, 3.63) is 30.6 Å². The normalized spacial score (nSPS) is 17.8. The van der Waals surface area contributed by atoms with Crippen LogP contribution >= 0.6 is 24.8 Å². The molecule has 1 aromatic rings. The van der Waals surface area contributed by atoms with Crippen LogP contribution in [0.1, 0.15) is 18.4 Å². The number of rotatable bonds is 4. The Morgan fingerprint density at radius 2 is 2.29 bits per heavy atom. The van der Waals surface area contributed by atoms with Gasteiger partial charge in [0.2, 0.25) is 0 Å². The fourth-order valence-corrected chi connectivity index (χ4v) is 1.72. The Morgan fingerprint density at radius 1 is 1.47 bits per heavy atom. The van der Waals surface area contributed by atoms with Crippen molar-refractivity contribution in [2.45, 2.75) is 18.9 Å². The standard InChI is InChI=1S/C12H16N2O.2ClH/c1-2-10-6-12(8-13-7-10)15-9-11-4-3-5-14-11;;/h2,6-8,11,14H,1,3-5,9H2;2*1H/t11-;;/m0../s1. The lowest BCUT2D eigenvalue weighted by molar-refractivity contribution is 0.276. The maximum atomic E-state index is 5.66. The van der Waals surface area contributed by atoms with Crippen LogP contribution in [-0.4, -0.2) is 24.2 Å². The number of pyridine rings is 1. The molecule has 0 radical (unpaired) electrons. The van der Waals surface area contributed by atoms with Crippen LogP contribution in [0.25, 0.3) is 6.08 Å². The second-order valence-corrected chi connectivity index (χ2v) is 3.76. The molecule has 17 heavy (non-hydrogen) atoms. The molecule has 3 nitrogen and oxygen atoms in total. The molecule has 0 spiro atoms. The molecule has 1 aromatic heterocycles. The zero-order valence-electron chi connectivity index (χ0n) is 9.59. The van der Waals surface area contributed by atoms with Gasteiger partial charge in [-0.15, -0.1) is 24.8 Å². The second kappa shape index (κ2) is 8.34. The first kappa shape index (κ1) is 16.2. The zero-order valence-corrected chi connectivity index (χ0v) is 11.2. The Morgan fingerprint density at radius 3 is 2.94 bits per heavy atom. The molecular formula is C12H18Cl2N2O. The minimum atomic E-state index is 0. The van der Waals surface area contributed by atoms with Crippen molar-refractivity contribution in [1.82, 2.24) is 10.3 Å². The van der Waals surface area contributed by atoms with E-state index in [1.54, 1.807) is 18.5 Å². The van der Waals surface area contributed by atoms with E-state index in [4.69, 9.17) is 4.74 Å². The highest BCUT2D eigenvalue weighted by molar-refractivity contribution is 5.85. The maximum Gasteiger partial charge on any atom is 0.138 e. The molecular weight excluding hydrogens is 259 g/mol. The molecule has 1 fully saturated rings. The predicted molar refractivity (Wildman–Crippen MR) is 75.3 cm³/mol. The van der Waals surface area contributed by atoms with E-state index in [0.717, 1.165) is 24.5 Å². The van der Waals surface area contributed by atoms with Crippen molar-refractivity contribution in [2.24, 2.45) is 0 Å². The summed E-state index contributed by atoms with van der Waals surface area (Å²) in [5.74, 6) is 0.820. The lowest BCUT2D eigenvalue weighted by Gasteiger charge is -2.11. The lowest BCUT2D eigenvalue weighted by Crippen LogP contribution is -2.28. The third-order valence-corrected chi connectivity index (χ3v) is 2.58. The van der Waals surface area contributed by atoms with Gasteiger partial charge in [-0.05, 0) is 31.0 Å². The van der Waals surface area contributed by atoms with Crippen molar-refractivity contribution in [2.75, 3.05) is 13.2 Å². The van der Waals surface area contributed by atoms with E-state index < -0.39 is 0 Å². The summed E-state index contributed by atoms with van der Waals surface area (Å²) in [7, 11) is 0. The van der Waals surface area contributed by atoms with Crippen molar-refractivity contribution in [3.63, 3.8) is 0 Å². The molecule has 1 N–H and O–H groups in total. The number of ether oxygens (including phenoxy) is 1. The van der Waals surface area contributed by atoms with E-state index in [0.29, 0.717) is 6.04 Å². The Balaban J connectivity index is 0.00000128. The largest absolute Gasteiger partial charge is 0.490 e. The third kappa shape index (κ3) is 4.94. The van der Waals surface area contributed by atoms with Gasteiger partial charge in [0.15, 0.2) is 0 Å². The molecule has 96 valence electrons. The summed E-state index contributed by atoms with van der Waals surface area (Å²) in [6, 6.07) is 2.45. The number of hydrogen-bond donors (Lipinski definition) is 1. The van der Waals surface area contributed by atoms with Gasteiger partial charge in [0.05, 0.1) is 6.20 Å². The quantitative estimate of drug-likeness (QED) is 0.918. The molecule has 0 aromatic carbocycles. The topological polar surface area (TPSA) is 34.1 Å². The number of nitrogens with zero attached hydrogens (tertiary/aromatic N) is 1. The van der Waals surface area contributed by atoms with Gasteiger partial charge in [-0.1, -0.05) is 12.7 Å². The Bertz CT molecular complexity index is 341. The van der Waals surface area contributed by atoms with Crippen molar-refractivity contribution >= 4 is 30.9 Å². The third-order valence-electron chi connectivity index (χ3n) is 2.58. The van der Waals surface area contributed by atoms with E-state index in [9.17, 15) is 0 Å². The monoisotopic (exact) mass is 276 g/mol. The van der Waals surface area contributed by atoms with E-state index >= 15 is 0 Å². The van der Waals surface area contributed by atoms with Crippen molar-refractivity contribution < 1.29 is 4.74 Å². The van der Waals surface area contributed by atoms with Gasteiger partial charge < -0.3 is 10.1 Å². The minimum absolute atomic E-state index is 0. The Labute approximate surface area is 114 Å². The smallest absolute Gasteiger partial charge is 0.138 e. The molecule has 2 rings (SSSR count). The van der Waals surface area contributed by atoms with Gasteiger partial charge in [0.1, 0.15) is 12.4 Å². The molecule has 0 saturated carbocycles. The van der Waals surface area contributed by atoms with Crippen LogP contribution in [0, 0.1) is 0 Å². The predicted octanol–water partition coefficient (Wildman–Crippen LogP) is 2.70. The van der Waals surface area contributed by atoms with Gasteiger partial charge in [-0.2, -0.15) is 0 Å². The molecule has 0 bridgehead atoms. The molecule has 0 amide bonds. The first-order valence-corrected chi connectivity index (χ1v) is 5.32. The summed E-state index contributed by atoms with van der Waals surface area (Å²) in [6.45, 7) is 5.54.